The fourth-order valence-corrected chi connectivity index (χ4v) is 4.33. The van der Waals surface area contributed by atoms with Crippen molar-refractivity contribution in [1.29, 1.82) is 0 Å². The molecule has 1 heterocycles. The Morgan fingerprint density at radius 3 is 2.32 bits per heavy atom. The Morgan fingerprint density at radius 2 is 1.68 bits per heavy atom. The van der Waals surface area contributed by atoms with Crippen molar-refractivity contribution in [2.24, 2.45) is 0 Å². The standard InChI is InChI=1S/C28H24ClNO7/c1-3-36-22-15-18(10-13-21(22)29)25(32)23-24(17-6-5-7-20(31)14-17)30(27(34)26(23)33)19-11-8-16(9-12-19)28(35)37-4-2/h5-15,24,31-32H,3-4H2,1-2H3/b25-23-. The van der Waals surface area contributed by atoms with E-state index in [1.807, 2.05) is 0 Å². The summed E-state index contributed by atoms with van der Waals surface area (Å²) in [6, 6.07) is 15.5. The van der Waals surface area contributed by atoms with Gasteiger partial charge < -0.3 is 19.7 Å². The van der Waals surface area contributed by atoms with Gasteiger partial charge in [0.2, 0.25) is 0 Å². The van der Waals surface area contributed by atoms with Gasteiger partial charge in [-0.15, -0.1) is 0 Å². The molecule has 37 heavy (non-hydrogen) atoms. The molecule has 3 aromatic rings. The molecular formula is C28H24ClNO7. The van der Waals surface area contributed by atoms with Crippen LogP contribution in [0.2, 0.25) is 5.02 Å². The Labute approximate surface area is 218 Å². The summed E-state index contributed by atoms with van der Waals surface area (Å²) in [5.41, 5.74) is 1.05. The minimum absolute atomic E-state index is 0.0779. The number of esters is 1. The number of aliphatic hydroxyl groups excluding tert-OH is 1. The number of aliphatic hydroxyl groups is 1. The number of phenolic OH excluding ortho intramolecular Hbond substituents is 1. The van der Waals surface area contributed by atoms with Crippen molar-refractivity contribution in [1.82, 2.24) is 0 Å². The van der Waals surface area contributed by atoms with Crippen LogP contribution in [-0.4, -0.2) is 41.1 Å². The van der Waals surface area contributed by atoms with Gasteiger partial charge in [-0.3, -0.25) is 14.5 Å². The van der Waals surface area contributed by atoms with Gasteiger partial charge in [-0.1, -0.05) is 23.7 Å². The van der Waals surface area contributed by atoms with Crippen LogP contribution in [0.5, 0.6) is 11.5 Å². The monoisotopic (exact) mass is 521 g/mol. The third-order valence-corrected chi connectivity index (χ3v) is 6.10. The zero-order valence-electron chi connectivity index (χ0n) is 20.1. The lowest BCUT2D eigenvalue weighted by atomic mass is 9.95. The molecule has 0 bridgehead atoms. The highest BCUT2D eigenvalue weighted by Gasteiger charge is 2.47. The number of hydrogen-bond acceptors (Lipinski definition) is 7. The predicted octanol–water partition coefficient (Wildman–Crippen LogP) is 5.25. The second kappa shape index (κ2) is 10.8. The Hall–Kier alpha value is -4.30. The second-order valence-electron chi connectivity index (χ2n) is 8.11. The molecule has 1 aliphatic rings. The number of rotatable bonds is 7. The molecule has 0 aromatic heterocycles. The number of amides is 1. The van der Waals surface area contributed by atoms with Gasteiger partial charge in [0.05, 0.1) is 35.4 Å². The maximum Gasteiger partial charge on any atom is 0.338 e. The van der Waals surface area contributed by atoms with Crippen LogP contribution in [-0.2, 0) is 14.3 Å². The van der Waals surface area contributed by atoms with E-state index in [1.54, 1.807) is 26.0 Å². The smallest absolute Gasteiger partial charge is 0.338 e. The van der Waals surface area contributed by atoms with Gasteiger partial charge in [-0.25, -0.2) is 4.79 Å². The fraction of sp³-hybridized carbons (Fsp3) is 0.179. The van der Waals surface area contributed by atoms with E-state index >= 15 is 0 Å². The van der Waals surface area contributed by atoms with Crippen LogP contribution in [0.4, 0.5) is 5.69 Å². The first kappa shape index (κ1) is 25.8. The third-order valence-electron chi connectivity index (χ3n) is 5.79. The summed E-state index contributed by atoms with van der Waals surface area (Å²) in [4.78, 5) is 39.9. The molecule has 4 rings (SSSR count). The highest BCUT2D eigenvalue weighted by atomic mass is 35.5. The number of anilines is 1. The summed E-state index contributed by atoms with van der Waals surface area (Å²) in [6.07, 6.45) is 0. The number of Topliss-reactive ketones (excluding diaryl/α,β-unsaturated/α-hetero) is 1. The molecule has 1 atom stereocenters. The number of carbonyl (C=O) groups excluding carboxylic acids is 3. The molecule has 1 unspecified atom stereocenters. The van der Waals surface area contributed by atoms with Crippen molar-refractivity contribution in [3.05, 3.63) is 94.0 Å². The molecule has 1 saturated heterocycles. The number of ketones is 1. The maximum atomic E-state index is 13.3. The quantitative estimate of drug-likeness (QED) is 0.189. The third kappa shape index (κ3) is 5.01. The first-order valence-corrected chi connectivity index (χ1v) is 11.9. The van der Waals surface area contributed by atoms with Crippen LogP contribution in [0, 0.1) is 0 Å². The van der Waals surface area contributed by atoms with Crippen molar-refractivity contribution in [3.63, 3.8) is 0 Å². The van der Waals surface area contributed by atoms with E-state index in [0.29, 0.717) is 28.6 Å². The fourth-order valence-electron chi connectivity index (χ4n) is 4.15. The molecule has 0 radical (unpaired) electrons. The summed E-state index contributed by atoms with van der Waals surface area (Å²) in [5, 5.41) is 21.7. The molecule has 1 aliphatic heterocycles. The van der Waals surface area contributed by atoms with Crippen molar-refractivity contribution in [3.8, 4) is 11.5 Å². The molecule has 9 heteroatoms. The number of phenols is 1. The van der Waals surface area contributed by atoms with Gasteiger partial charge >= 0.3 is 5.97 Å². The van der Waals surface area contributed by atoms with E-state index in [2.05, 4.69) is 0 Å². The lowest BCUT2D eigenvalue weighted by molar-refractivity contribution is -0.132. The molecule has 2 N–H and O–H groups in total. The molecule has 8 nitrogen and oxygen atoms in total. The number of halogens is 1. The van der Waals surface area contributed by atoms with Gasteiger partial charge in [0.1, 0.15) is 17.3 Å². The van der Waals surface area contributed by atoms with Crippen LogP contribution in [0.15, 0.2) is 72.3 Å². The van der Waals surface area contributed by atoms with Crippen LogP contribution in [0.25, 0.3) is 5.76 Å². The lowest BCUT2D eigenvalue weighted by Crippen LogP contribution is -2.29. The van der Waals surface area contributed by atoms with Crippen molar-refractivity contribution < 1.29 is 34.1 Å². The predicted molar refractivity (Wildman–Crippen MR) is 138 cm³/mol. The number of aromatic hydroxyl groups is 1. The molecule has 190 valence electrons. The molecule has 0 aliphatic carbocycles. The first-order chi connectivity index (χ1) is 17.8. The lowest BCUT2D eigenvalue weighted by Gasteiger charge is -2.25. The Morgan fingerprint density at radius 1 is 0.973 bits per heavy atom. The van der Waals surface area contributed by atoms with Gasteiger partial charge in [-0.2, -0.15) is 0 Å². The van der Waals surface area contributed by atoms with Gasteiger partial charge in [0, 0.05) is 11.3 Å². The second-order valence-corrected chi connectivity index (χ2v) is 8.52. The highest BCUT2D eigenvalue weighted by Crippen LogP contribution is 2.43. The van der Waals surface area contributed by atoms with E-state index in [9.17, 15) is 24.6 Å². The van der Waals surface area contributed by atoms with Gasteiger partial charge in [0.25, 0.3) is 11.7 Å². The molecule has 0 spiro atoms. The molecule has 0 saturated carbocycles. The van der Waals surface area contributed by atoms with Gasteiger partial charge in [-0.05, 0) is 74.0 Å². The number of nitrogens with zero attached hydrogens (tertiary/aromatic N) is 1. The summed E-state index contributed by atoms with van der Waals surface area (Å²) < 4.78 is 10.5. The topological polar surface area (TPSA) is 113 Å². The van der Waals surface area contributed by atoms with E-state index in [-0.39, 0.29) is 29.1 Å². The van der Waals surface area contributed by atoms with E-state index in [0.717, 1.165) is 0 Å². The first-order valence-electron chi connectivity index (χ1n) is 11.6. The van der Waals surface area contributed by atoms with Crippen LogP contribution in [0.1, 0.15) is 41.4 Å². The summed E-state index contributed by atoms with van der Waals surface area (Å²) in [5.74, 6) is -2.49. The Balaban J connectivity index is 1.87. The van der Waals surface area contributed by atoms with Crippen LogP contribution in [0.3, 0.4) is 0 Å². The number of carbonyl (C=O) groups is 3. The molecular weight excluding hydrogens is 498 g/mol. The summed E-state index contributed by atoms with van der Waals surface area (Å²) in [7, 11) is 0. The minimum atomic E-state index is -1.06. The summed E-state index contributed by atoms with van der Waals surface area (Å²) in [6.45, 7) is 4.02. The summed E-state index contributed by atoms with van der Waals surface area (Å²) >= 11 is 6.18. The highest BCUT2D eigenvalue weighted by molar-refractivity contribution is 6.51. The Kier molecular flexibility index (Phi) is 7.50. The van der Waals surface area contributed by atoms with E-state index in [1.165, 1.54) is 59.5 Å². The number of hydrogen-bond donors (Lipinski definition) is 2. The van der Waals surface area contributed by atoms with Crippen molar-refractivity contribution in [2.75, 3.05) is 18.1 Å². The largest absolute Gasteiger partial charge is 0.508 e. The van der Waals surface area contributed by atoms with Crippen molar-refractivity contribution >= 4 is 40.7 Å². The SMILES string of the molecule is CCOC(=O)c1ccc(N2C(=O)C(=O)/C(=C(\O)c3ccc(Cl)c(OCC)c3)C2c2cccc(O)c2)cc1. The Bertz CT molecular complexity index is 1400. The zero-order valence-corrected chi connectivity index (χ0v) is 20.9. The minimum Gasteiger partial charge on any atom is -0.508 e. The average Bonchev–Trinajstić information content (AvgIpc) is 3.15. The van der Waals surface area contributed by atoms with Gasteiger partial charge in [0.15, 0.2) is 0 Å². The maximum absolute atomic E-state index is 13.3. The molecule has 1 amide bonds. The van der Waals surface area contributed by atoms with E-state index in [4.69, 9.17) is 21.1 Å². The number of benzene rings is 3. The van der Waals surface area contributed by atoms with Crippen LogP contribution < -0.4 is 9.64 Å². The normalized spacial score (nSPS) is 16.6. The average molecular weight is 522 g/mol. The van der Waals surface area contributed by atoms with Crippen molar-refractivity contribution in [2.45, 2.75) is 19.9 Å². The number of ether oxygens (including phenoxy) is 2. The zero-order chi connectivity index (χ0) is 26.7. The van der Waals surface area contributed by atoms with E-state index < -0.39 is 29.5 Å². The molecule has 1 fully saturated rings. The van der Waals surface area contributed by atoms with Crippen LogP contribution >= 0.6 is 11.6 Å². The molecule has 3 aromatic carbocycles.